The van der Waals surface area contributed by atoms with Gasteiger partial charge in [-0.25, -0.2) is 0 Å². The lowest BCUT2D eigenvalue weighted by Gasteiger charge is -2.11. The minimum atomic E-state index is 0.129. The monoisotopic (exact) mass is 338 g/mol. The number of hydrogen-bond acceptors (Lipinski definition) is 3. The number of amides is 1. The molecule has 25 heavy (non-hydrogen) atoms. The first kappa shape index (κ1) is 16.3. The number of benzene rings is 1. The van der Waals surface area contributed by atoms with Crippen LogP contribution in [0.2, 0.25) is 0 Å². The maximum absolute atomic E-state index is 12.3. The van der Waals surface area contributed by atoms with Gasteiger partial charge in [-0.15, -0.1) is 10.2 Å². The third kappa shape index (κ3) is 3.75. The molecule has 2 heterocycles. The summed E-state index contributed by atoms with van der Waals surface area (Å²) in [5.41, 5.74) is 1.88. The van der Waals surface area contributed by atoms with Gasteiger partial charge >= 0.3 is 0 Å². The van der Waals surface area contributed by atoms with Crippen LogP contribution in [-0.2, 0) is 17.8 Å². The molecule has 5 nitrogen and oxygen atoms in total. The molecule has 1 aromatic heterocycles. The van der Waals surface area contributed by atoms with Crippen LogP contribution in [0.5, 0.6) is 0 Å². The highest BCUT2D eigenvalue weighted by atomic mass is 16.1. The minimum absolute atomic E-state index is 0.129. The Kier molecular flexibility index (Phi) is 4.81. The molecule has 1 amide bonds. The first-order chi connectivity index (χ1) is 12.3. The van der Waals surface area contributed by atoms with Crippen molar-refractivity contribution in [3.63, 3.8) is 0 Å². The molecule has 0 saturated heterocycles. The fourth-order valence-electron chi connectivity index (χ4n) is 4.12. The zero-order chi connectivity index (χ0) is 17.1. The molecule has 1 saturated carbocycles. The molecule has 2 aromatic rings. The first-order valence-electron chi connectivity index (χ1n) is 9.62. The van der Waals surface area contributed by atoms with E-state index in [9.17, 15) is 4.79 Å². The summed E-state index contributed by atoms with van der Waals surface area (Å²) >= 11 is 0. The van der Waals surface area contributed by atoms with Gasteiger partial charge in [-0.2, -0.15) is 0 Å². The van der Waals surface area contributed by atoms with Crippen molar-refractivity contribution in [3.05, 3.63) is 30.1 Å². The predicted molar refractivity (Wildman–Crippen MR) is 98.2 cm³/mol. The van der Waals surface area contributed by atoms with Crippen LogP contribution < -0.4 is 5.32 Å². The Morgan fingerprint density at radius 1 is 1.12 bits per heavy atom. The zero-order valence-corrected chi connectivity index (χ0v) is 14.7. The highest BCUT2D eigenvalue weighted by Gasteiger charge is 2.19. The van der Waals surface area contributed by atoms with Crippen molar-refractivity contribution < 1.29 is 4.79 Å². The lowest BCUT2D eigenvalue weighted by Crippen LogP contribution is -2.15. The highest BCUT2D eigenvalue weighted by Crippen LogP contribution is 2.28. The maximum atomic E-state index is 12.3. The van der Waals surface area contributed by atoms with Gasteiger partial charge in [0, 0.05) is 30.6 Å². The van der Waals surface area contributed by atoms with Crippen molar-refractivity contribution in [1.29, 1.82) is 0 Å². The summed E-state index contributed by atoms with van der Waals surface area (Å²) in [4.78, 5) is 12.3. The summed E-state index contributed by atoms with van der Waals surface area (Å²) in [5, 5.41) is 11.9. The van der Waals surface area contributed by atoms with Crippen LogP contribution in [0.25, 0.3) is 11.4 Å². The molecule has 0 atom stereocenters. The number of carbonyl (C=O) groups excluding carboxylic acids is 1. The fraction of sp³-hybridized carbons (Fsp3) is 0.550. The van der Waals surface area contributed by atoms with E-state index < -0.39 is 0 Å². The molecule has 1 aliphatic heterocycles. The first-order valence-corrected chi connectivity index (χ1v) is 9.62. The Morgan fingerprint density at radius 3 is 2.88 bits per heavy atom. The van der Waals surface area contributed by atoms with Crippen LogP contribution in [0.15, 0.2) is 24.3 Å². The molecule has 0 spiro atoms. The quantitative estimate of drug-likeness (QED) is 0.909. The number of nitrogens with zero attached hydrogens (tertiary/aromatic N) is 3. The van der Waals surface area contributed by atoms with Gasteiger partial charge in [0.05, 0.1) is 0 Å². The van der Waals surface area contributed by atoms with E-state index >= 15 is 0 Å². The Morgan fingerprint density at radius 2 is 2.00 bits per heavy atom. The summed E-state index contributed by atoms with van der Waals surface area (Å²) in [7, 11) is 0. The van der Waals surface area contributed by atoms with Gasteiger partial charge in [0.15, 0.2) is 5.82 Å². The van der Waals surface area contributed by atoms with E-state index in [0.29, 0.717) is 12.3 Å². The number of hydrogen-bond donors (Lipinski definition) is 1. The zero-order valence-electron chi connectivity index (χ0n) is 14.7. The molecule has 1 aliphatic carbocycles. The molecule has 1 N–H and O–H groups in total. The number of carbonyl (C=O) groups is 1. The Balaban J connectivity index is 1.50. The van der Waals surface area contributed by atoms with Crippen molar-refractivity contribution in [3.8, 4) is 11.4 Å². The van der Waals surface area contributed by atoms with Gasteiger partial charge in [0.25, 0.3) is 0 Å². The topological polar surface area (TPSA) is 59.8 Å². The van der Waals surface area contributed by atoms with Crippen molar-refractivity contribution in [2.24, 2.45) is 5.92 Å². The highest BCUT2D eigenvalue weighted by molar-refractivity contribution is 5.91. The molecule has 0 bridgehead atoms. The van der Waals surface area contributed by atoms with E-state index in [1.807, 2.05) is 18.2 Å². The third-order valence-electron chi connectivity index (χ3n) is 5.46. The standard InChI is InChI=1S/C20H26N4O/c25-19(13-15-7-3-4-8-15)21-17-10-6-9-16(14-17)20-23-22-18-11-2-1-5-12-24(18)20/h6,9-10,14-15H,1-5,7-8,11-13H2,(H,21,25). The molecule has 1 fully saturated rings. The Bertz CT molecular complexity index is 746. The van der Waals surface area contributed by atoms with Crippen LogP contribution in [0, 0.1) is 5.92 Å². The van der Waals surface area contributed by atoms with E-state index in [2.05, 4.69) is 26.1 Å². The smallest absolute Gasteiger partial charge is 0.224 e. The lowest BCUT2D eigenvalue weighted by atomic mass is 10.0. The van der Waals surface area contributed by atoms with Crippen molar-refractivity contribution in [2.75, 3.05) is 5.32 Å². The molecule has 0 unspecified atom stereocenters. The predicted octanol–water partition coefficient (Wildman–Crippen LogP) is 4.19. The van der Waals surface area contributed by atoms with Crippen LogP contribution in [0.4, 0.5) is 5.69 Å². The molecule has 1 aromatic carbocycles. The van der Waals surface area contributed by atoms with Crippen molar-refractivity contribution in [2.45, 2.75) is 64.3 Å². The number of rotatable bonds is 4. The second-order valence-electron chi connectivity index (χ2n) is 7.39. The molecule has 4 rings (SSSR count). The number of aryl methyl sites for hydroxylation is 1. The molecule has 132 valence electrons. The normalized spacial score (nSPS) is 17.9. The van der Waals surface area contributed by atoms with E-state index in [1.54, 1.807) is 0 Å². The SMILES string of the molecule is O=C(CC1CCCC1)Nc1cccc(-c2nnc3n2CCCCC3)c1. The van der Waals surface area contributed by atoms with Crippen molar-refractivity contribution in [1.82, 2.24) is 14.8 Å². The summed E-state index contributed by atoms with van der Waals surface area (Å²) in [6.07, 6.45) is 10.2. The molecule has 5 heteroatoms. The second-order valence-corrected chi connectivity index (χ2v) is 7.39. The molecular weight excluding hydrogens is 312 g/mol. The van der Waals surface area contributed by atoms with Gasteiger partial charge in [0.2, 0.25) is 5.91 Å². The fourth-order valence-corrected chi connectivity index (χ4v) is 4.12. The maximum Gasteiger partial charge on any atom is 0.224 e. The van der Waals surface area contributed by atoms with Gasteiger partial charge in [0.1, 0.15) is 5.82 Å². The third-order valence-corrected chi connectivity index (χ3v) is 5.46. The van der Waals surface area contributed by atoms with Gasteiger partial charge < -0.3 is 9.88 Å². The van der Waals surface area contributed by atoms with E-state index in [1.165, 1.54) is 44.9 Å². The Labute approximate surface area is 148 Å². The molecular formula is C20H26N4O. The van der Waals surface area contributed by atoms with Gasteiger partial charge in [-0.3, -0.25) is 4.79 Å². The van der Waals surface area contributed by atoms with Gasteiger partial charge in [-0.1, -0.05) is 31.4 Å². The van der Waals surface area contributed by atoms with Crippen LogP contribution in [0.1, 0.15) is 57.2 Å². The van der Waals surface area contributed by atoms with Gasteiger partial charge in [-0.05, 0) is 43.7 Å². The average Bonchev–Trinajstić information content (AvgIpc) is 3.20. The number of fused-ring (bicyclic) bond motifs is 1. The number of aromatic nitrogens is 3. The second kappa shape index (κ2) is 7.38. The number of nitrogens with one attached hydrogen (secondary N) is 1. The van der Waals surface area contributed by atoms with E-state index in [-0.39, 0.29) is 5.91 Å². The number of anilines is 1. The summed E-state index contributed by atoms with van der Waals surface area (Å²) < 4.78 is 2.24. The summed E-state index contributed by atoms with van der Waals surface area (Å²) in [5.74, 6) is 2.70. The largest absolute Gasteiger partial charge is 0.326 e. The summed E-state index contributed by atoms with van der Waals surface area (Å²) in [6, 6.07) is 8.01. The molecule has 2 aliphatic rings. The average molecular weight is 338 g/mol. The van der Waals surface area contributed by atoms with E-state index in [0.717, 1.165) is 35.9 Å². The van der Waals surface area contributed by atoms with Crippen LogP contribution >= 0.6 is 0 Å². The van der Waals surface area contributed by atoms with Crippen LogP contribution in [0.3, 0.4) is 0 Å². The minimum Gasteiger partial charge on any atom is -0.326 e. The summed E-state index contributed by atoms with van der Waals surface area (Å²) in [6.45, 7) is 0.982. The molecule has 0 radical (unpaired) electrons. The van der Waals surface area contributed by atoms with Crippen molar-refractivity contribution >= 4 is 11.6 Å². The van der Waals surface area contributed by atoms with Crippen LogP contribution in [-0.4, -0.2) is 20.7 Å². The Hall–Kier alpha value is -2.17. The van der Waals surface area contributed by atoms with E-state index in [4.69, 9.17) is 0 Å². The lowest BCUT2D eigenvalue weighted by molar-refractivity contribution is -0.117.